The van der Waals surface area contributed by atoms with Gasteiger partial charge in [-0.05, 0) is 95.0 Å². The molecular weight excluding hydrogens is 553 g/mol. The lowest BCUT2D eigenvalue weighted by molar-refractivity contribution is -0.150. The Morgan fingerprint density at radius 3 is 2.02 bits per heavy atom. The molecular formula is C33H40FN3O6. The predicted molar refractivity (Wildman–Crippen MR) is 165 cm³/mol. The van der Waals surface area contributed by atoms with Gasteiger partial charge in [0.05, 0.1) is 37.2 Å². The quantitative estimate of drug-likeness (QED) is 0.243. The van der Waals surface area contributed by atoms with E-state index >= 15 is 0 Å². The summed E-state index contributed by atoms with van der Waals surface area (Å²) >= 11 is 0. The summed E-state index contributed by atoms with van der Waals surface area (Å²) in [5.41, 5.74) is 4.10. The van der Waals surface area contributed by atoms with Gasteiger partial charge < -0.3 is 30.2 Å². The molecule has 3 rings (SSSR count). The van der Waals surface area contributed by atoms with E-state index in [1.54, 1.807) is 25.1 Å². The second kappa shape index (κ2) is 13.7. The Morgan fingerprint density at radius 1 is 0.860 bits per heavy atom. The molecule has 2 atom stereocenters. The number of methoxy groups -OCH3 is 2. The van der Waals surface area contributed by atoms with E-state index in [1.165, 1.54) is 32.4 Å². The van der Waals surface area contributed by atoms with E-state index < -0.39 is 41.5 Å². The summed E-state index contributed by atoms with van der Waals surface area (Å²) in [6.45, 7) is 12.9. The van der Waals surface area contributed by atoms with Crippen molar-refractivity contribution < 1.29 is 33.0 Å². The fourth-order valence-electron chi connectivity index (χ4n) is 4.86. The molecule has 43 heavy (non-hydrogen) atoms. The van der Waals surface area contributed by atoms with Crippen LogP contribution in [0.2, 0.25) is 0 Å². The first-order chi connectivity index (χ1) is 20.1. The average molecular weight is 594 g/mol. The Labute approximate surface area is 252 Å². The van der Waals surface area contributed by atoms with Gasteiger partial charge in [-0.15, -0.1) is 0 Å². The van der Waals surface area contributed by atoms with Crippen LogP contribution in [0.15, 0.2) is 48.5 Å². The molecule has 230 valence electrons. The number of hydrogen-bond donors (Lipinski definition) is 3. The van der Waals surface area contributed by atoms with Crippen LogP contribution < -0.4 is 20.7 Å². The molecule has 0 aliphatic heterocycles. The van der Waals surface area contributed by atoms with Crippen molar-refractivity contribution in [3.05, 3.63) is 76.6 Å². The maximum Gasteiger partial charge on any atom is 0.331 e. The Hall–Kier alpha value is -4.44. The summed E-state index contributed by atoms with van der Waals surface area (Å²) in [6, 6.07) is 11.3. The number of anilines is 2. The SMILES string of the molecule is COC(=O)[C@@H](NC(=O)c1ccc(-c2ccc(OC)c(F)c2)cc1NC(=O)Nc1c(C)cc(C)cc1C)[C@@H](C)OC(C)(C)C. The van der Waals surface area contributed by atoms with E-state index in [0.29, 0.717) is 16.8 Å². The van der Waals surface area contributed by atoms with Gasteiger partial charge >= 0.3 is 12.0 Å². The molecule has 0 aliphatic rings. The van der Waals surface area contributed by atoms with Gasteiger partial charge in [0, 0.05) is 5.69 Å². The number of rotatable bonds is 9. The maximum atomic E-state index is 14.5. The summed E-state index contributed by atoms with van der Waals surface area (Å²) in [5.74, 6) is -1.81. The number of ether oxygens (including phenoxy) is 3. The number of amides is 3. The largest absolute Gasteiger partial charge is 0.494 e. The molecule has 3 aromatic carbocycles. The molecule has 0 saturated carbocycles. The Morgan fingerprint density at radius 2 is 1.47 bits per heavy atom. The minimum Gasteiger partial charge on any atom is -0.494 e. The highest BCUT2D eigenvalue weighted by Crippen LogP contribution is 2.30. The van der Waals surface area contributed by atoms with Gasteiger partial charge in [-0.1, -0.05) is 29.8 Å². The minimum atomic E-state index is -1.13. The summed E-state index contributed by atoms with van der Waals surface area (Å²) in [6.07, 6.45) is -0.731. The number of hydrogen-bond acceptors (Lipinski definition) is 6. The van der Waals surface area contributed by atoms with Crippen molar-refractivity contribution in [3.63, 3.8) is 0 Å². The fourth-order valence-corrected chi connectivity index (χ4v) is 4.86. The molecule has 0 aliphatic carbocycles. The first kappa shape index (κ1) is 33.1. The number of carbonyl (C=O) groups is 3. The topological polar surface area (TPSA) is 115 Å². The van der Waals surface area contributed by atoms with Crippen molar-refractivity contribution in [2.75, 3.05) is 24.9 Å². The summed E-state index contributed by atoms with van der Waals surface area (Å²) in [7, 11) is 2.60. The molecule has 0 saturated heterocycles. The molecule has 3 N–H and O–H groups in total. The third-order valence-electron chi connectivity index (χ3n) is 6.66. The number of carbonyl (C=O) groups excluding carboxylic acids is 3. The molecule has 9 nitrogen and oxygen atoms in total. The Kier molecular flexibility index (Phi) is 10.5. The molecule has 10 heteroatoms. The first-order valence-electron chi connectivity index (χ1n) is 13.8. The maximum absolute atomic E-state index is 14.5. The van der Waals surface area contributed by atoms with E-state index in [-0.39, 0.29) is 17.0 Å². The van der Waals surface area contributed by atoms with Crippen molar-refractivity contribution in [1.82, 2.24) is 5.32 Å². The highest BCUT2D eigenvalue weighted by atomic mass is 19.1. The number of halogens is 1. The molecule has 0 fully saturated rings. The normalized spacial score (nSPS) is 12.6. The van der Waals surface area contributed by atoms with Crippen LogP contribution in [-0.4, -0.2) is 49.9 Å². The van der Waals surface area contributed by atoms with Crippen molar-refractivity contribution >= 4 is 29.3 Å². The van der Waals surface area contributed by atoms with Gasteiger partial charge in [0.25, 0.3) is 5.91 Å². The van der Waals surface area contributed by atoms with E-state index in [2.05, 4.69) is 16.0 Å². The second-order valence-electron chi connectivity index (χ2n) is 11.4. The van der Waals surface area contributed by atoms with Gasteiger partial charge in [-0.3, -0.25) is 4.79 Å². The molecule has 3 amide bonds. The zero-order valence-electron chi connectivity index (χ0n) is 26.1. The van der Waals surface area contributed by atoms with E-state index in [4.69, 9.17) is 14.2 Å². The van der Waals surface area contributed by atoms with Gasteiger partial charge in [0.1, 0.15) is 0 Å². The van der Waals surface area contributed by atoms with Crippen LogP contribution in [0.3, 0.4) is 0 Å². The molecule has 0 heterocycles. The van der Waals surface area contributed by atoms with E-state index in [1.807, 2.05) is 53.7 Å². The highest BCUT2D eigenvalue weighted by Gasteiger charge is 2.32. The van der Waals surface area contributed by atoms with Crippen LogP contribution in [0.4, 0.5) is 20.6 Å². The van der Waals surface area contributed by atoms with Crippen molar-refractivity contribution in [1.29, 1.82) is 0 Å². The van der Waals surface area contributed by atoms with Crippen LogP contribution in [0.1, 0.15) is 54.7 Å². The Bertz CT molecular complexity index is 1490. The van der Waals surface area contributed by atoms with E-state index in [9.17, 15) is 18.8 Å². The van der Waals surface area contributed by atoms with Crippen LogP contribution in [0, 0.1) is 26.6 Å². The number of aryl methyl sites for hydroxylation is 3. The molecule has 0 aromatic heterocycles. The number of benzene rings is 3. The smallest absolute Gasteiger partial charge is 0.331 e. The summed E-state index contributed by atoms with van der Waals surface area (Å²) < 4.78 is 30.4. The molecule has 0 spiro atoms. The van der Waals surface area contributed by atoms with E-state index in [0.717, 1.165) is 16.7 Å². The molecule has 0 bridgehead atoms. The summed E-state index contributed by atoms with van der Waals surface area (Å²) in [4.78, 5) is 39.5. The van der Waals surface area contributed by atoms with Gasteiger partial charge in [0.2, 0.25) is 0 Å². The van der Waals surface area contributed by atoms with Crippen molar-refractivity contribution in [3.8, 4) is 16.9 Å². The average Bonchev–Trinajstić information content (AvgIpc) is 2.92. The third kappa shape index (κ3) is 8.54. The first-order valence-corrected chi connectivity index (χ1v) is 13.8. The predicted octanol–water partition coefficient (Wildman–Crippen LogP) is 6.55. The molecule has 0 radical (unpaired) electrons. The van der Waals surface area contributed by atoms with Crippen LogP contribution in [0.25, 0.3) is 11.1 Å². The van der Waals surface area contributed by atoms with Crippen LogP contribution in [-0.2, 0) is 14.3 Å². The van der Waals surface area contributed by atoms with Crippen LogP contribution >= 0.6 is 0 Å². The van der Waals surface area contributed by atoms with Gasteiger partial charge in [-0.25, -0.2) is 14.0 Å². The number of esters is 1. The molecule has 0 unspecified atom stereocenters. The summed E-state index contributed by atoms with van der Waals surface area (Å²) in [5, 5.41) is 8.32. The zero-order valence-corrected chi connectivity index (χ0v) is 26.1. The lowest BCUT2D eigenvalue weighted by Gasteiger charge is -2.30. The Balaban J connectivity index is 2.01. The van der Waals surface area contributed by atoms with Crippen molar-refractivity contribution in [2.45, 2.75) is 66.2 Å². The molecule has 3 aromatic rings. The second-order valence-corrected chi connectivity index (χ2v) is 11.4. The standard InChI is InChI=1S/C33H40FN3O6/c1-18-14-19(2)28(20(3)15-18)37-32(40)35-26-17-23(22-11-13-27(41-8)25(34)16-22)10-12-24(26)30(38)36-29(31(39)42-9)21(4)43-33(5,6)7/h10-17,21,29H,1-9H3,(H,36,38)(H2,35,37,40)/t21-,29+/m1/s1. The zero-order chi connectivity index (χ0) is 32.1. The third-order valence-corrected chi connectivity index (χ3v) is 6.66. The van der Waals surface area contributed by atoms with Gasteiger partial charge in [0.15, 0.2) is 17.6 Å². The fraction of sp³-hybridized carbons (Fsp3) is 0.364. The lowest BCUT2D eigenvalue weighted by atomic mass is 10.0. The van der Waals surface area contributed by atoms with Crippen molar-refractivity contribution in [2.24, 2.45) is 0 Å². The van der Waals surface area contributed by atoms with Gasteiger partial charge in [-0.2, -0.15) is 0 Å². The monoisotopic (exact) mass is 593 g/mol. The highest BCUT2D eigenvalue weighted by molar-refractivity contribution is 6.08. The number of nitrogens with one attached hydrogen (secondary N) is 3. The minimum absolute atomic E-state index is 0.0714. The lowest BCUT2D eigenvalue weighted by Crippen LogP contribution is -2.51. The van der Waals surface area contributed by atoms with Crippen LogP contribution in [0.5, 0.6) is 5.75 Å². The number of urea groups is 1.